The molecule has 2 unspecified atom stereocenters. The van der Waals surface area contributed by atoms with Crippen molar-refractivity contribution < 1.29 is 0 Å². The topological polar surface area (TPSA) is 30.9 Å². The molecule has 0 saturated carbocycles. The summed E-state index contributed by atoms with van der Waals surface area (Å²) >= 11 is 0. The van der Waals surface area contributed by atoms with Crippen molar-refractivity contribution in [1.82, 2.24) is 15.2 Å². The summed E-state index contributed by atoms with van der Waals surface area (Å²) in [4.78, 5) is 2.58. The molecule has 3 rings (SSSR count). The van der Waals surface area contributed by atoms with Crippen molar-refractivity contribution in [2.75, 3.05) is 26.2 Å². The Kier molecular flexibility index (Phi) is 7.51. The SMILES string of the molecule is CC1CCCC(C)N1/N=C/c1ccc(CNCCCN2CCCC2)cc1. The minimum atomic E-state index is 0.555. The van der Waals surface area contributed by atoms with E-state index < -0.39 is 0 Å². The lowest BCUT2D eigenvalue weighted by atomic mass is 10.00. The van der Waals surface area contributed by atoms with Crippen LogP contribution in [-0.2, 0) is 6.54 Å². The van der Waals surface area contributed by atoms with Crippen LogP contribution in [0.1, 0.15) is 63.5 Å². The molecule has 0 radical (unpaired) electrons. The van der Waals surface area contributed by atoms with Crippen LogP contribution in [0, 0.1) is 0 Å². The van der Waals surface area contributed by atoms with Gasteiger partial charge in [-0.25, -0.2) is 0 Å². The fourth-order valence-electron chi connectivity index (χ4n) is 4.16. The maximum absolute atomic E-state index is 4.76. The number of likely N-dealkylation sites (tertiary alicyclic amines) is 1. The van der Waals surface area contributed by atoms with Crippen molar-refractivity contribution in [3.8, 4) is 0 Å². The molecular weight excluding hydrogens is 320 g/mol. The summed E-state index contributed by atoms with van der Waals surface area (Å²) in [6.07, 6.45) is 9.88. The molecule has 4 heteroatoms. The number of hydrazone groups is 1. The Bertz CT molecular complexity index is 538. The predicted octanol–water partition coefficient (Wildman–Crippen LogP) is 3.86. The second-order valence-electron chi connectivity index (χ2n) is 8.07. The lowest BCUT2D eigenvalue weighted by Gasteiger charge is -2.36. The molecule has 0 spiro atoms. The molecule has 144 valence electrons. The van der Waals surface area contributed by atoms with E-state index in [0.29, 0.717) is 12.1 Å². The van der Waals surface area contributed by atoms with Gasteiger partial charge in [-0.15, -0.1) is 0 Å². The Labute approximate surface area is 159 Å². The normalized spacial score (nSPS) is 24.6. The zero-order chi connectivity index (χ0) is 18.2. The molecule has 0 aromatic heterocycles. The van der Waals surface area contributed by atoms with E-state index in [-0.39, 0.29) is 0 Å². The zero-order valence-electron chi connectivity index (χ0n) is 16.7. The van der Waals surface area contributed by atoms with Crippen LogP contribution >= 0.6 is 0 Å². The van der Waals surface area contributed by atoms with Gasteiger partial charge in [0.2, 0.25) is 0 Å². The third-order valence-corrected chi connectivity index (χ3v) is 5.82. The van der Waals surface area contributed by atoms with Crippen molar-refractivity contribution in [3.05, 3.63) is 35.4 Å². The van der Waals surface area contributed by atoms with Crippen LogP contribution in [0.2, 0.25) is 0 Å². The summed E-state index contributed by atoms with van der Waals surface area (Å²) in [6, 6.07) is 9.92. The molecule has 2 atom stereocenters. The number of nitrogens with one attached hydrogen (secondary N) is 1. The molecular formula is C22H36N4. The maximum Gasteiger partial charge on any atom is 0.0543 e. The molecule has 0 amide bonds. The summed E-state index contributed by atoms with van der Waals surface area (Å²) in [7, 11) is 0. The van der Waals surface area contributed by atoms with Crippen molar-refractivity contribution in [2.45, 2.75) is 71.0 Å². The van der Waals surface area contributed by atoms with E-state index in [2.05, 4.69) is 53.3 Å². The van der Waals surface area contributed by atoms with E-state index in [0.717, 1.165) is 13.1 Å². The standard InChI is InChI=1S/C22H36N4/c1-19-7-5-8-20(2)26(19)24-18-22-11-9-21(10-12-22)17-23-13-6-16-25-14-3-4-15-25/h9-12,18-20,23H,3-8,13-17H2,1-2H3/b24-18+. The van der Waals surface area contributed by atoms with Crippen LogP contribution in [-0.4, -0.2) is 54.4 Å². The highest BCUT2D eigenvalue weighted by Crippen LogP contribution is 2.22. The van der Waals surface area contributed by atoms with Gasteiger partial charge in [0, 0.05) is 18.6 Å². The average molecular weight is 357 g/mol. The van der Waals surface area contributed by atoms with E-state index in [1.165, 1.54) is 69.3 Å². The van der Waals surface area contributed by atoms with Crippen LogP contribution in [0.3, 0.4) is 0 Å². The van der Waals surface area contributed by atoms with E-state index in [1.54, 1.807) is 0 Å². The zero-order valence-corrected chi connectivity index (χ0v) is 16.7. The predicted molar refractivity (Wildman–Crippen MR) is 111 cm³/mol. The van der Waals surface area contributed by atoms with Gasteiger partial charge in [-0.2, -0.15) is 5.10 Å². The monoisotopic (exact) mass is 356 g/mol. The fourth-order valence-corrected chi connectivity index (χ4v) is 4.16. The van der Waals surface area contributed by atoms with Gasteiger partial charge in [-0.05, 0) is 89.7 Å². The summed E-state index contributed by atoms with van der Waals surface area (Å²) in [5.41, 5.74) is 2.54. The number of hydrogen-bond donors (Lipinski definition) is 1. The molecule has 0 aliphatic carbocycles. The summed E-state index contributed by atoms with van der Waals surface area (Å²) in [5, 5.41) is 10.6. The summed E-state index contributed by atoms with van der Waals surface area (Å²) in [5.74, 6) is 0. The molecule has 26 heavy (non-hydrogen) atoms. The molecule has 2 fully saturated rings. The highest BCUT2D eigenvalue weighted by molar-refractivity contribution is 5.79. The average Bonchev–Trinajstić information content (AvgIpc) is 3.16. The van der Waals surface area contributed by atoms with E-state index in [9.17, 15) is 0 Å². The fraction of sp³-hybridized carbons (Fsp3) is 0.682. The summed E-state index contributed by atoms with van der Waals surface area (Å²) < 4.78 is 0. The largest absolute Gasteiger partial charge is 0.313 e. The molecule has 2 aliphatic heterocycles. The molecule has 2 saturated heterocycles. The minimum Gasteiger partial charge on any atom is -0.313 e. The number of nitrogens with zero attached hydrogens (tertiary/aromatic N) is 3. The smallest absolute Gasteiger partial charge is 0.0543 e. The lowest BCUT2D eigenvalue weighted by molar-refractivity contribution is 0.109. The van der Waals surface area contributed by atoms with Gasteiger partial charge >= 0.3 is 0 Å². The number of hydrogen-bond acceptors (Lipinski definition) is 4. The highest BCUT2D eigenvalue weighted by Gasteiger charge is 2.22. The van der Waals surface area contributed by atoms with Crippen molar-refractivity contribution in [1.29, 1.82) is 0 Å². The molecule has 4 nitrogen and oxygen atoms in total. The van der Waals surface area contributed by atoms with Gasteiger partial charge in [0.15, 0.2) is 0 Å². The quantitative estimate of drug-likeness (QED) is 0.567. The first-order chi connectivity index (χ1) is 12.7. The second kappa shape index (κ2) is 10.1. The molecule has 2 heterocycles. The Morgan fingerprint density at radius 1 is 1.04 bits per heavy atom. The van der Waals surface area contributed by atoms with Gasteiger partial charge in [0.25, 0.3) is 0 Å². The number of rotatable bonds is 8. The minimum absolute atomic E-state index is 0.555. The van der Waals surface area contributed by atoms with E-state index in [4.69, 9.17) is 5.10 Å². The van der Waals surface area contributed by atoms with Crippen LogP contribution in [0.25, 0.3) is 0 Å². The third kappa shape index (κ3) is 5.82. The number of piperidine rings is 1. The van der Waals surface area contributed by atoms with Gasteiger partial charge in [-0.3, -0.25) is 5.01 Å². The first kappa shape index (κ1) is 19.4. The second-order valence-corrected chi connectivity index (χ2v) is 8.07. The molecule has 1 N–H and O–H groups in total. The Balaban J connectivity index is 1.38. The Morgan fingerprint density at radius 2 is 1.73 bits per heavy atom. The van der Waals surface area contributed by atoms with Crippen molar-refractivity contribution >= 4 is 6.21 Å². The van der Waals surface area contributed by atoms with Crippen LogP contribution in [0.5, 0.6) is 0 Å². The first-order valence-electron chi connectivity index (χ1n) is 10.6. The molecule has 2 aliphatic rings. The van der Waals surface area contributed by atoms with Crippen LogP contribution in [0.15, 0.2) is 29.4 Å². The third-order valence-electron chi connectivity index (χ3n) is 5.82. The Morgan fingerprint density at radius 3 is 2.42 bits per heavy atom. The first-order valence-corrected chi connectivity index (χ1v) is 10.6. The van der Waals surface area contributed by atoms with Crippen LogP contribution in [0.4, 0.5) is 0 Å². The number of benzene rings is 1. The van der Waals surface area contributed by atoms with Crippen molar-refractivity contribution in [2.24, 2.45) is 5.10 Å². The van der Waals surface area contributed by atoms with Crippen LogP contribution < -0.4 is 5.32 Å². The van der Waals surface area contributed by atoms with Crippen molar-refractivity contribution in [3.63, 3.8) is 0 Å². The lowest BCUT2D eigenvalue weighted by Crippen LogP contribution is -2.39. The van der Waals surface area contributed by atoms with Gasteiger partial charge < -0.3 is 10.2 Å². The Hall–Kier alpha value is -1.39. The van der Waals surface area contributed by atoms with E-state index >= 15 is 0 Å². The van der Waals surface area contributed by atoms with Gasteiger partial charge in [0.1, 0.15) is 0 Å². The summed E-state index contributed by atoms with van der Waals surface area (Å²) in [6.45, 7) is 10.5. The maximum atomic E-state index is 4.76. The molecule has 0 bridgehead atoms. The van der Waals surface area contributed by atoms with Gasteiger partial charge in [0.05, 0.1) is 6.21 Å². The molecule has 1 aromatic carbocycles. The highest BCUT2D eigenvalue weighted by atomic mass is 15.5. The van der Waals surface area contributed by atoms with Gasteiger partial charge in [-0.1, -0.05) is 24.3 Å². The molecule has 1 aromatic rings. The van der Waals surface area contributed by atoms with E-state index in [1.807, 2.05) is 6.21 Å².